The molecule has 0 aromatic carbocycles. The van der Waals surface area contributed by atoms with E-state index in [0.29, 0.717) is 5.82 Å². The van der Waals surface area contributed by atoms with Crippen molar-refractivity contribution in [1.82, 2.24) is 20.1 Å². The van der Waals surface area contributed by atoms with Gasteiger partial charge in [-0.1, -0.05) is 0 Å². The Morgan fingerprint density at radius 3 is 2.65 bits per heavy atom. The van der Waals surface area contributed by atoms with Gasteiger partial charge in [-0.2, -0.15) is 0 Å². The third-order valence-corrected chi connectivity index (χ3v) is 3.60. The summed E-state index contributed by atoms with van der Waals surface area (Å²) in [6.45, 7) is 5.59. The van der Waals surface area contributed by atoms with E-state index in [1.807, 2.05) is 11.5 Å². The van der Waals surface area contributed by atoms with Gasteiger partial charge in [-0.3, -0.25) is 4.79 Å². The molecule has 0 aliphatic carbocycles. The number of nitrogens with one attached hydrogen (secondary N) is 1. The second-order valence-electron chi connectivity index (χ2n) is 4.98. The Morgan fingerprint density at radius 1 is 1.30 bits per heavy atom. The van der Waals surface area contributed by atoms with E-state index in [1.165, 1.54) is 13.8 Å². The van der Waals surface area contributed by atoms with Crippen LogP contribution in [0.1, 0.15) is 44.9 Å². The van der Waals surface area contributed by atoms with Crippen LogP contribution >= 0.6 is 0 Å². The highest BCUT2D eigenvalue weighted by atomic mass is 16.4. The van der Waals surface area contributed by atoms with Crippen LogP contribution < -0.4 is 5.32 Å². The van der Waals surface area contributed by atoms with Gasteiger partial charge in [-0.05, 0) is 27.2 Å². The lowest BCUT2D eigenvalue weighted by Gasteiger charge is -2.14. The Hall–Kier alpha value is -2.18. The van der Waals surface area contributed by atoms with E-state index in [9.17, 15) is 9.59 Å². The predicted octanol–water partition coefficient (Wildman–Crippen LogP) is 0.822. The van der Waals surface area contributed by atoms with E-state index < -0.39 is 11.9 Å². The summed E-state index contributed by atoms with van der Waals surface area (Å²) >= 11 is 0. The molecule has 2 heterocycles. The van der Waals surface area contributed by atoms with Crippen LogP contribution in [-0.4, -0.2) is 31.7 Å². The van der Waals surface area contributed by atoms with Crippen LogP contribution in [-0.2, 0) is 22.6 Å². The highest BCUT2D eigenvalue weighted by Gasteiger charge is 2.23. The van der Waals surface area contributed by atoms with Crippen molar-refractivity contribution in [3.8, 4) is 0 Å². The minimum absolute atomic E-state index is 0.0428. The van der Waals surface area contributed by atoms with Crippen LogP contribution in [0.25, 0.3) is 0 Å². The number of hydrogen-bond donors (Lipinski definition) is 2. The zero-order valence-corrected chi connectivity index (χ0v) is 11.8. The molecule has 1 aromatic heterocycles. The van der Waals surface area contributed by atoms with Crippen molar-refractivity contribution in [2.45, 2.75) is 46.2 Å². The Balaban J connectivity index is 2.12. The molecule has 1 atom stereocenters. The Kier molecular flexibility index (Phi) is 3.87. The number of carbonyl (C=O) groups is 2. The molecule has 0 radical (unpaired) electrons. The van der Waals surface area contributed by atoms with Gasteiger partial charge in [0.15, 0.2) is 5.82 Å². The van der Waals surface area contributed by atoms with E-state index in [1.54, 1.807) is 0 Å². The lowest BCUT2D eigenvalue weighted by atomic mass is 10.1. The number of fused-ring (bicyclic) bond motifs is 1. The third kappa shape index (κ3) is 2.56. The number of aryl methyl sites for hydroxylation is 1. The van der Waals surface area contributed by atoms with Crippen molar-refractivity contribution in [3.05, 3.63) is 22.8 Å². The number of aromatic nitrogens is 3. The molecule has 1 aliphatic rings. The average Bonchev–Trinajstić information content (AvgIpc) is 2.98. The van der Waals surface area contributed by atoms with Gasteiger partial charge in [-0.15, -0.1) is 10.2 Å². The summed E-state index contributed by atoms with van der Waals surface area (Å²) in [6.07, 6.45) is 1.94. The number of amides is 1. The zero-order valence-electron chi connectivity index (χ0n) is 11.8. The van der Waals surface area contributed by atoms with Crippen molar-refractivity contribution in [2.75, 3.05) is 0 Å². The lowest BCUT2D eigenvalue weighted by Crippen LogP contribution is -2.30. The van der Waals surface area contributed by atoms with E-state index in [2.05, 4.69) is 15.5 Å². The highest BCUT2D eigenvalue weighted by molar-refractivity contribution is 6.01. The first-order valence-electron chi connectivity index (χ1n) is 6.55. The number of rotatable bonds is 4. The van der Waals surface area contributed by atoms with E-state index >= 15 is 0 Å². The highest BCUT2D eigenvalue weighted by Crippen LogP contribution is 2.19. The maximum Gasteiger partial charge on any atom is 0.331 e. The fourth-order valence-corrected chi connectivity index (χ4v) is 2.19. The van der Waals surface area contributed by atoms with Crippen LogP contribution in [0.15, 0.2) is 11.1 Å². The Morgan fingerprint density at radius 2 is 2.00 bits per heavy atom. The van der Waals surface area contributed by atoms with Crippen LogP contribution in [0.4, 0.5) is 0 Å². The molecule has 0 saturated carbocycles. The second-order valence-corrected chi connectivity index (χ2v) is 4.98. The molecular formula is C13H18N4O3. The molecular weight excluding hydrogens is 260 g/mol. The molecule has 20 heavy (non-hydrogen) atoms. The number of nitrogens with zero attached hydrogens (tertiary/aromatic N) is 3. The van der Waals surface area contributed by atoms with Crippen molar-refractivity contribution in [3.63, 3.8) is 0 Å². The zero-order chi connectivity index (χ0) is 14.9. The molecule has 0 fully saturated rings. The number of aliphatic carboxylic acids is 1. The molecule has 2 N–H and O–H groups in total. The number of carbonyl (C=O) groups excluding carboxylic acids is 1. The maximum absolute atomic E-state index is 12.0. The van der Waals surface area contributed by atoms with E-state index in [0.717, 1.165) is 25.2 Å². The first kappa shape index (κ1) is 14.2. The van der Waals surface area contributed by atoms with Gasteiger partial charge >= 0.3 is 5.97 Å². The molecule has 0 bridgehead atoms. The topological polar surface area (TPSA) is 97.1 Å². The fraction of sp³-hybridized carbons (Fsp3) is 0.538. The van der Waals surface area contributed by atoms with E-state index in [4.69, 9.17) is 5.11 Å². The smallest absolute Gasteiger partial charge is 0.331 e. The van der Waals surface area contributed by atoms with Crippen molar-refractivity contribution < 1.29 is 14.7 Å². The summed E-state index contributed by atoms with van der Waals surface area (Å²) in [5, 5.41) is 19.8. The summed E-state index contributed by atoms with van der Waals surface area (Å²) in [6, 6.07) is -0.307. The molecule has 1 unspecified atom stereocenters. The monoisotopic (exact) mass is 278 g/mol. The minimum atomic E-state index is -1.09. The van der Waals surface area contributed by atoms with Gasteiger partial charge in [0, 0.05) is 24.1 Å². The summed E-state index contributed by atoms with van der Waals surface area (Å²) in [5.41, 5.74) is 0.242. The quantitative estimate of drug-likeness (QED) is 0.795. The summed E-state index contributed by atoms with van der Waals surface area (Å²) in [7, 11) is 0. The lowest BCUT2D eigenvalue weighted by molar-refractivity contribution is -0.133. The van der Waals surface area contributed by atoms with Crippen molar-refractivity contribution >= 4 is 11.9 Å². The summed E-state index contributed by atoms with van der Waals surface area (Å²) < 4.78 is 2.01. The molecule has 1 aromatic rings. The average molecular weight is 278 g/mol. The first-order chi connectivity index (χ1) is 9.41. The van der Waals surface area contributed by atoms with Crippen molar-refractivity contribution in [2.24, 2.45) is 0 Å². The normalized spacial score (nSPS) is 16.4. The van der Waals surface area contributed by atoms with Gasteiger partial charge in [0.25, 0.3) is 0 Å². The molecule has 0 spiro atoms. The molecule has 0 saturated heterocycles. The molecule has 1 amide bonds. The second kappa shape index (κ2) is 5.44. The van der Waals surface area contributed by atoms with Crippen LogP contribution in [0.5, 0.6) is 0 Å². The number of carboxylic acid groups (broad SMARTS) is 1. The third-order valence-electron chi connectivity index (χ3n) is 3.60. The predicted molar refractivity (Wildman–Crippen MR) is 70.9 cm³/mol. The number of hydrogen-bond acceptors (Lipinski definition) is 4. The first-order valence-corrected chi connectivity index (χ1v) is 6.55. The van der Waals surface area contributed by atoms with Gasteiger partial charge < -0.3 is 15.0 Å². The summed E-state index contributed by atoms with van der Waals surface area (Å²) in [5.74, 6) is 0.170. The maximum atomic E-state index is 12.0. The summed E-state index contributed by atoms with van der Waals surface area (Å²) in [4.78, 5) is 22.9. The minimum Gasteiger partial charge on any atom is -0.478 e. The Labute approximate surface area is 116 Å². The van der Waals surface area contributed by atoms with E-state index in [-0.39, 0.29) is 17.2 Å². The molecule has 7 nitrogen and oxygen atoms in total. The SMILES string of the molecule is CC(C(=O)O)=C(C)C(=O)NC(C)c1nnc2n1CCC2. The van der Waals surface area contributed by atoms with Crippen LogP contribution in [0.2, 0.25) is 0 Å². The molecule has 2 rings (SSSR count). The Bertz CT molecular complexity index is 588. The van der Waals surface area contributed by atoms with Crippen LogP contribution in [0.3, 0.4) is 0 Å². The van der Waals surface area contributed by atoms with Gasteiger partial charge in [0.2, 0.25) is 5.91 Å². The van der Waals surface area contributed by atoms with Gasteiger partial charge in [0.05, 0.1) is 6.04 Å². The standard InChI is InChI=1S/C13H18N4O3/c1-7(8(2)13(19)20)12(18)14-9(3)11-16-15-10-5-4-6-17(10)11/h9H,4-6H2,1-3H3,(H,14,18)(H,19,20). The molecule has 1 aliphatic heterocycles. The molecule has 7 heteroatoms. The van der Waals surface area contributed by atoms with Crippen molar-refractivity contribution in [1.29, 1.82) is 0 Å². The van der Waals surface area contributed by atoms with Crippen LogP contribution in [0, 0.1) is 0 Å². The number of carboxylic acids is 1. The molecule has 108 valence electrons. The fourth-order valence-electron chi connectivity index (χ4n) is 2.19. The van der Waals surface area contributed by atoms with Gasteiger partial charge in [-0.25, -0.2) is 4.79 Å². The van der Waals surface area contributed by atoms with Gasteiger partial charge in [0.1, 0.15) is 5.82 Å². The largest absolute Gasteiger partial charge is 0.478 e.